The molecule has 0 saturated carbocycles. The van der Waals surface area contributed by atoms with E-state index in [0.717, 1.165) is 38.0 Å². The standard InChI is InChI=1S/C19H19ClN2O2/c20-15-8-9-18-17(11-15)22(19(23)24-18)16-7-4-10-21(13-16)12-14-5-2-1-3-6-14/h1-3,5-6,8-9,11,16H,4,7,10,12-13H2/t16-/m0/s1. The quantitative estimate of drug-likeness (QED) is 0.719. The van der Waals surface area contributed by atoms with Gasteiger partial charge in [0.2, 0.25) is 0 Å². The first-order valence-corrected chi connectivity index (χ1v) is 8.65. The van der Waals surface area contributed by atoms with Crippen LogP contribution in [-0.2, 0) is 6.54 Å². The SMILES string of the molecule is O=c1oc2ccc(Cl)cc2n1[C@H]1CCCN(Cc2ccccc2)C1. The maximum absolute atomic E-state index is 12.3. The molecule has 0 unspecified atom stereocenters. The number of likely N-dealkylation sites (tertiary alicyclic amines) is 1. The molecule has 4 nitrogen and oxygen atoms in total. The van der Waals surface area contributed by atoms with E-state index in [1.54, 1.807) is 16.7 Å². The summed E-state index contributed by atoms with van der Waals surface area (Å²) in [5, 5.41) is 0.619. The minimum Gasteiger partial charge on any atom is -0.408 e. The molecule has 1 aliphatic rings. The lowest BCUT2D eigenvalue weighted by Gasteiger charge is -2.33. The number of nitrogens with zero attached hydrogens (tertiary/aromatic N) is 2. The second kappa shape index (κ2) is 6.46. The highest BCUT2D eigenvalue weighted by atomic mass is 35.5. The summed E-state index contributed by atoms with van der Waals surface area (Å²) in [6.07, 6.45) is 2.05. The van der Waals surface area contributed by atoms with Crippen LogP contribution in [-0.4, -0.2) is 22.6 Å². The van der Waals surface area contributed by atoms with Crippen molar-refractivity contribution in [3.63, 3.8) is 0 Å². The van der Waals surface area contributed by atoms with Crippen molar-refractivity contribution in [1.82, 2.24) is 9.47 Å². The predicted octanol–water partition coefficient (Wildman–Crippen LogP) is 4.09. The fourth-order valence-electron chi connectivity index (χ4n) is 3.58. The van der Waals surface area contributed by atoms with Crippen LogP contribution >= 0.6 is 11.6 Å². The van der Waals surface area contributed by atoms with Gasteiger partial charge in [0, 0.05) is 18.1 Å². The van der Waals surface area contributed by atoms with E-state index in [9.17, 15) is 4.79 Å². The molecule has 5 heteroatoms. The molecule has 0 radical (unpaired) electrons. The summed E-state index contributed by atoms with van der Waals surface area (Å²) in [6.45, 7) is 2.80. The van der Waals surface area contributed by atoms with Gasteiger partial charge in [0.05, 0.1) is 11.6 Å². The Labute approximate surface area is 145 Å². The molecule has 0 amide bonds. The molecule has 1 saturated heterocycles. The summed E-state index contributed by atoms with van der Waals surface area (Å²) in [7, 11) is 0. The van der Waals surface area contributed by atoms with Gasteiger partial charge in [-0.2, -0.15) is 0 Å². The van der Waals surface area contributed by atoms with Crippen molar-refractivity contribution in [2.24, 2.45) is 0 Å². The van der Waals surface area contributed by atoms with E-state index in [4.69, 9.17) is 16.0 Å². The lowest BCUT2D eigenvalue weighted by Crippen LogP contribution is -2.38. The molecule has 1 aliphatic heterocycles. The Morgan fingerprint density at radius 2 is 2.00 bits per heavy atom. The Balaban J connectivity index is 1.61. The lowest BCUT2D eigenvalue weighted by molar-refractivity contribution is 0.168. The normalized spacial score (nSPS) is 19.0. The number of aromatic nitrogens is 1. The van der Waals surface area contributed by atoms with Crippen molar-refractivity contribution in [3.8, 4) is 0 Å². The van der Waals surface area contributed by atoms with Crippen LogP contribution in [0, 0.1) is 0 Å². The first-order chi connectivity index (χ1) is 11.7. The average Bonchev–Trinajstić information content (AvgIpc) is 2.91. The second-order valence-electron chi connectivity index (χ2n) is 6.37. The van der Waals surface area contributed by atoms with Crippen LogP contribution in [0.1, 0.15) is 24.4 Å². The molecule has 4 rings (SSSR count). The topological polar surface area (TPSA) is 38.4 Å². The van der Waals surface area contributed by atoms with E-state index in [2.05, 4.69) is 29.2 Å². The highest BCUT2D eigenvalue weighted by molar-refractivity contribution is 6.31. The van der Waals surface area contributed by atoms with Crippen molar-refractivity contribution in [2.45, 2.75) is 25.4 Å². The molecule has 1 fully saturated rings. The molecule has 0 aliphatic carbocycles. The molecular formula is C19H19ClN2O2. The predicted molar refractivity (Wildman–Crippen MR) is 95.5 cm³/mol. The van der Waals surface area contributed by atoms with Crippen LogP contribution in [0.5, 0.6) is 0 Å². The van der Waals surface area contributed by atoms with Crippen LogP contribution in [0.25, 0.3) is 11.1 Å². The van der Waals surface area contributed by atoms with Gasteiger partial charge in [0.1, 0.15) is 0 Å². The number of halogens is 1. The maximum atomic E-state index is 12.3. The maximum Gasteiger partial charge on any atom is 0.420 e. The van der Waals surface area contributed by atoms with Crippen molar-refractivity contribution in [1.29, 1.82) is 0 Å². The van der Waals surface area contributed by atoms with Gasteiger partial charge in [-0.05, 0) is 43.1 Å². The molecule has 24 heavy (non-hydrogen) atoms. The first-order valence-electron chi connectivity index (χ1n) is 8.27. The van der Waals surface area contributed by atoms with Crippen molar-refractivity contribution < 1.29 is 4.42 Å². The minimum absolute atomic E-state index is 0.120. The van der Waals surface area contributed by atoms with Gasteiger partial charge in [-0.3, -0.25) is 9.47 Å². The van der Waals surface area contributed by atoms with Crippen molar-refractivity contribution in [3.05, 3.63) is 69.7 Å². The number of benzene rings is 2. The van der Waals surface area contributed by atoms with Gasteiger partial charge in [0.15, 0.2) is 5.58 Å². The molecule has 124 valence electrons. The Morgan fingerprint density at radius 1 is 1.17 bits per heavy atom. The number of fused-ring (bicyclic) bond motifs is 1. The Hall–Kier alpha value is -2.04. The molecule has 2 heterocycles. The van der Waals surface area contributed by atoms with Crippen LogP contribution in [0.3, 0.4) is 0 Å². The molecule has 1 atom stereocenters. The average molecular weight is 343 g/mol. The highest BCUT2D eigenvalue weighted by Crippen LogP contribution is 2.27. The fraction of sp³-hybridized carbons (Fsp3) is 0.316. The van der Waals surface area contributed by atoms with E-state index < -0.39 is 0 Å². The van der Waals surface area contributed by atoms with Gasteiger partial charge < -0.3 is 4.42 Å². The summed E-state index contributed by atoms with van der Waals surface area (Å²) < 4.78 is 7.17. The molecule has 2 aromatic carbocycles. The molecule has 3 aromatic rings. The zero-order valence-corrected chi connectivity index (χ0v) is 14.1. The molecule has 0 bridgehead atoms. The van der Waals surface area contributed by atoms with E-state index in [1.807, 2.05) is 12.1 Å². The largest absolute Gasteiger partial charge is 0.420 e. The van der Waals surface area contributed by atoms with Crippen molar-refractivity contribution in [2.75, 3.05) is 13.1 Å². The number of rotatable bonds is 3. The van der Waals surface area contributed by atoms with E-state index in [-0.39, 0.29) is 11.8 Å². The summed E-state index contributed by atoms with van der Waals surface area (Å²) in [4.78, 5) is 14.8. The zero-order valence-electron chi connectivity index (χ0n) is 13.3. The molecule has 0 spiro atoms. The van der Waals surface area contributed by atoms with Gasteiger partial charge in [-0.1, -0.05) is 41.9 Å². The van der Waals surface area contributed by atoms with E-state index in [1.165, 1.54) is 5.56 Å². The Morgan fingerprint density at radius 3 is 2.83 bits per heavy atom. The summed E-state index contributed by atoms with van der Waals surface area (Å²) in [5.74, 6) is -0.293. The Kier molecular flexibility index (Phi) is 4.17. The third-order valence-corrected chi connectivity index (χ3v) is 4.90. The fourth-order valence-corrected chi connectivity index (χ4v) is 3.75. The molecule has 0 N–H and O–H groups in total. The lowest BCUT2D eigenvalue weighted by atomic mass is 10.0. The van der Waals surface area contributed by atoms with Gasteiger partial charge in [-0.15, -0.1) is 0 Å². The van der Waals surface area contributed by atoms with Gasteiger partial charge in [-0.25, -0.2) is 4.79 Å². The van der Waals surface area contributed by atoms with Crippen LogP contribution < -0.4 is 5.76 Å². The minimum atomic E-state index is -0.293. The van der Waals surface area contributed by atoms with Crippen LogP contribution in [0.15, 0.2) is 57.7 Å². The van der Waals surface area contributed by atoms with Crippen LogP contribution in [0.2, 0.25) is 5.02 Å². The monoisotopic (exact) mass is 342 g/mol. The van der Waals surface area contributed by atoms with E-state index in [0.29, 0.717) is 10.6 Å². The third-order valence-electron chi connectivity index (χ3n) is 4.67. The van der Waals surface area contributed by atoms with E-state index >= 15 is 0 Å². The number of piperidine rings is 1. The number of oxazole rings is 1. The number of hydrogen-bond acceptors (Lipinski definition) is 3. The first kappa shape index (κ1) is 15.5. The smallest absolute Gasteiger partial charge is 0.408 e. The Bertz CT molecular complexity index is 901. The summed E-state index contributed by atoms with van der Waals surface area (Å²) in [6, 6.07) is 15.9. The highest BCUT2D eigenvalue weighted by Gasteiger charge is 2.25. The summed E-state index contributed by atoms with van der Waals surface area (Å²) in [5.41, 5.74) is 2.69. The van der Waals surface area contributed by atoms with Gasteiger partial charge in [0.25, 0.3) is 0 Å². The van der Waals surface area contributed by atoms with Crippen molar-refractivity contribution >= 4 is 22.7 Å². The number of hydrogen-bond donors (Lipinski definition) is 0. The summed E-state index contributed by atoms with van der Waals surface area (Å²) >= 11 is 6.11. The third kappa shape index (κ3) is 2.99. The molecule has 1 aromatic heterocycles. The molecular weight excluding hydrogens is 324 g/mol. The zero-order chi connectivity index (χ0) is 16.5. The van der Waals surface area contributed by atoms with Gasteiger partial charge >= 0.3 is 5.76 Å². The van der Waals surface area contributed by atoms with Crippen LogP contribution in [0.4, 0.5) is 0 Å². The second-order valence-corrected chi connectivity index (χ2v) is 6.80.